The first kappa shape index (κ1) is 17.6. The maximum absolute atomic E-state index is 5.57. The van der Waals surface area contributed by atoms with E-state index in [2.05, 4.69) is 33.4 Å². The van der Waals surface area contributed by atoms with Crippen molar-refractivity contribution < 1.29 is 14.2 Å². The largest absolute Gasteiger partial charge is 0.497 e. The minimum Gasteiger partial charge on any atom is -0.497 e. The van der Waals surface area contributed by atoms with Crippen LogP contribution in [0.15, 0.2) is 40.9 Å². The third-order valence-corrected chi connectivity index (χ3v) is 4.17. The second kappa shape index (κ2) is 8.79. The van der Waals surface area contributed by atoms with Crippen LogP contribution in [0.5, 0.6) is 17.2 Å². The monoisotopic (exact) mass is 379 g/mol. The number of nitrogens with one attached hydrogen (secondary N) is 1. The van der Waals surface area contributed by atoms with E-state index in [9.17, 15) is 0 Å². The summed E-state index contributed by atoms with van der Waals surface area (Å²) in [4.78, 5) is 0. The van der Waals surface area contributed by atoms with Crippen LogP contribution in [0.2, 0.25) is 0 Å². The van der Waals surface area contributed by atoms with E-state index >= 15 is 0 Å². The molecule has 0 amide bonds. The Morgan fingerprint density at radius 3 is 2.30 bits per heavy atom. The van der Waals surface area contributed by atoms with Crippen molar-refractivity contribution in [1.82, 2.24) is 5.32 Å². The highest BCUT2D eigenvalue weighted by molar-refractivity contribution is 9.10. The molecule has 2 aromatic rings. The van der Waals surface area contributed by atoms with Crippen LogP contribution in [0.25, 0.3) is 0 Å². The molecule has 0 aliphatic rings. The molecule has 0 unspecified atom stereocenters. The van der Waals surface area contributed by atoms with Crippen molar-refractivity contribution in [3.05, 3.63) is 52.0 Å². The summed E-state index contributed by atoms with van der Waals surface area (Å²) >= 11 is 3.59. The summed E-state index contributed by atoms with van der Waals surface area (Å²) in [6.07, 6.45) is 0. The molecule has 0 aliphatic heterocycles. The van der Waals surface area contributed by atoms with Gasteiger partial charge in [0, 0.05) is 17.6 Å². The second-order valence-electron chi connectivity index (χ2n) is 4.98. The molecule has 0 spiro atoms. The first-order chi connectivity index (χ1) is 11.2. The van der Waals surface area contributed by atoms with Crippen molar-refractivity contribution in [3.63, 3.8) is 0 Å². The van der Waals surface area contributed by atoms with Crippen molar-refractivity contribution in [3.8, 4) is 17.2 Å². The van der Waals surface area contributed by atoms with Crippen molar-refractivity contribution in [2.24, 2.45) is 0 Å². The van der Waals surface area contributed by atoms with E-state index in [1.54, 1.807) is 14.2 Å². The lowest BCUT2D eigenvalue weighted by atomic mass is 10.1. The molecule has 0 radical (unpaired) electrons. The predicted molar refractivity (Wildman–Crippen MR) is 95.4 cm³/mol. The molecule has 2 rings (SSSR count). The third-order valence-electron chi connectivity index (χ3n) is 3.44. The molecule has 2 aromatic carbocycles. The minimum atomic E-state index is 0.609. The average Bonchev–Trinajstić information content (AvgIpc) is 2.57. The number of ether oxygens (including phenoxy) is 3. The number of hydrogen-bond donors (Lipinski definition) is 1. The Morgan fingerprint density at radius 2 is 1.70 bits per heavy atom. The molecule has 23 heavy (non-hydrogen) atoms. The van der Waals surface area contributed by atoms with Gasteiger partial charge < -0.3 is 19.5 Å². The van der Waals surface area contributed by atoms with Gasteiger partial charge in [0.2, 0.25) is 0 Å². The second-order valence-corrected chi connectivity index (χ2v) is 5.83. The van der Waals surface area contributed by atoms with Crippen LogP contribution in [-0.2, 0) is 13.1 Å². The summed E-state index contributed by atoms with van der Waals surface area (Å²) in [5.41, 5.74) is 2.33. The standard InChI is InChI=1S/C18H22BrNO3/c1-4-23-18-10-16(19)14(9-17(18)22-3)12-20-11-13-5-7-15(21-2)8-6-13/h5-10,20H,4,11-12H2,1-3H3. The summed E-state index contributed by atoms with van der Waals surface area (Å²) in [7, 11) is 3.32. The van der Waals surface area contributed by atoms with E-state index in [1.807, 2.05) is 31.2 Å². The van der Waals surface area contributed by atoms with Crippen molar-refractivity contribution in [1.29, 1.82) is 0 Å². The minimum absolute atomic E-state index is 0.609. The van der Waals surface area contributed by atoms with Crippen LogP contribution in [0.3, 0.4) is 0 Å². The number of benzene rings is 2. The summed E-state index contributed by atoms with van der Waals surface area (Å²) in [6, 6.07) is 12.0. The van der Waals surface area contributed by atoms with Crippen molar-refractivity contribution >= 4 is 15.9 Å². The van der Waals surface area contributed by atoms with E-state index in [0.717, 1.165) is 40.4 Å². The quantitative estimate of drug-likeness (QED) is 0.747. The van der Waals surface area contributed by atoms with Gasteiger partial charge in [-0.05, 0) is 42.3 Å². The lowest BCUT2D eigenvalue weighted by Gasteiger charge is -2.13. The molecule has 1 N–H and O–H groups in total. The third kappa shape index (κ3) is 4.88. The molecule has 0 atom stereocenters. The molecular weight excluding hydrogens is 358 g/mol. The topological polar surface area (TPSA) is 39.7 Å². The van der Waals surface area contributed by atoms with Gasteiger partial charge in [0.25, 0.3) is 0 Å². The SMILES string of the molecule is CCOc1cc(Br)c(CNCc2ccc(OC)cc2)cc1OC. The van der Waals surface area contributed by atoms with E-state index in [4.69, 9.17) is 14.2 Å². The molecule has 0 aliphatic carbocycles. The zero-order valence-electron chi connectivity index (χ0n) is 13.7. The molecule has 5 heteroatoms. The fourth-order valence-corrected chi connectivity index (χ4v) is 2.69. The maximum Gasteiger partial charge on any atom is 0.162 e. The molecule has 124 valence electrons. The van der Waals surface area contributed by atoms with Gasteiger partial charge in [-0.15, -0.1) is 0 Å². The first-order valence-electron chi connectivity index (χ1n) is 7.50. The van der Waals surface area contributed by atoms with Gasteiger partial charge in [-0.3, -0.25) is 0 Å². The van der Waals surface area contributed by atoms with E-state index in [-0.39, 0.29) is 0 Å². The number of methoxy groups -OCH3 is 2. The average molecular weight is 380 g/mol. The summed E-state index contributed by atoms with van der Waals surface area (Å²) < 4.78 is 17.1. The summed E-state index contributed by atoms with van der Waals surface area (Å²) in [5, 5.41) is 3.43. The van der Waals surface area contributed by atoms with Crippen LogP contribution in [0.4, 0.5) is 0 Å². The molecule has 0 fully saturated rings. The Hall–Kier alpha value is -1.72. The zero-order chi connectivity index (χ0) is 16.7. The van der Waals surface area contributed by atoms with Crippen LogP contribution in [0.1, 0.15) is 18.1 Å². The number of hydrogen-bond acceptors (Lipinski definition) is 4. The molecule has 0 heterocycles. The lowest BCUT2D eigenvalue weighted by Crippen LogP contribution is -2.13. The van der Waals surface area contributed by atoms with Crippen LogP contribution >= 0.6 is 15.9 Å². The van der Waals surface area contributed by atoms with Gasteiger partial charge in [0.1, 0.15) is 5.75 Å². The maximum atomic E-state index is 5.57. The van der Waals surface area contributed by atoms with Crippen LogP contribution < -0.4 is 19.5 Å². The van der Waals surface area contributed by atoms with Gasteiger partial charge in [0.15, 0.2) is 11.5 Å². The van der Waals surface area contributed by atoms with Gasteiger partial charge in [-0.1, -0.05) is 28.1 Å². The Morgan fingerprint density at radius 1 is 0.957 bits per heavy atom. The highest BCUT2D eigenvalue weighted by Crippen LogP contribution is 2.33. The molecule has 0 bridgehead atoms. The normalized spacial score (nSPS) is 10.4. The fourth-order valence-electron chi connectivity index (χ4n) is 2.23. The highest BCUT2D eigenvalue weighted by Gasteiger charge is 2.09. The number of rotatable bonds is 8. The molecule has 0 saturated heterocycles. The van der Waals surface area contributed by atoms with Crippen LogP contribution in [-0.4, -0.2) is 20.8 Å². The Balaban J connectivity index is 1.99. The van der Waals surface area contributed by atoms with Crippen molar-refractivity contribution in [2.75, 3.05) is 20.8 Å². The molecule has 0 aromatic heterocycles. The number of halogens is 1. The Bertz CT molecular complexity index is 629. The van der Waals surface area contributed by atoms with E-state index < -0.39 is 0 Å². The summed E-state index contributed by atoms with van der Waals surface area (Å²) in [5.74, 6) is 2.37. The molecule has 4 nitrogen and oxygen atoms in total. The van der Waals surface area contributed by atoms with Gasteiger partial charge in [0.05, 0.1) is 20.8 Å². The lowest BCUT2D eigenvalue weighted by molar-refractivity contribution is 0.310. The van der Waals surface area contributed by atoms with Gasteiger partial charge >= 0.3 is 0 Å². The smallest absolute Gasteiger partial charge is 0.162 e. The van der Waals surface area contributed by atoms with Crippen molar-refractivity contribution in [2.45, 2.75) is 20.0 Å². The molecule has 0 saturated carbocycles. The Kier molecular flexibility index (Phi) is 6.74. The first-order valence-corrected chi connectivity index (χ1v) is 8.30. The van der Waals surface area contributed by atoms with E-state index in [0.29, 0.717) is 6.61 Å². The fraction of sp³-hybridized carbons (Fsp3) is 0.333. The van der Waals surface area contributed by atoms with Gasteiger partial charge in [-0.2, -0.15) is 0 Å². The van der Waals surface area contributed by atoms with E-state index in [1.165, 1.54) is 5.56 Å². The Labute approximate surface area is 145 Å². The predicted octanol–water partition coefficient (Wildman–Crippen LogP) is 4.15. The van der Waals surface area contributed by atoms with Crippen LogP contribution in [0, 0.1) is 0 Å². The summed E-state index contributed by atoms with van der Waals surface area (Å²) in [6.45, 7) is 4.08. The van der Waals surface area contributed by atoms with Gasteiger partial charge in [-0.25, -0.2) is 0 Å². The zero-order valence-corrected chi connectivity index (χ0v) is 15.3. The highest BCUT2D eigenvalue weighted by atomic mass is 79.9. The molecular formula is C18H22BrNO3.